The number of hydrogen-bond donors (Lipinski definition) is 1. The Morgan fingerprint density at radius 2 is 2.10 bits per heavy atom. The Morgan fingerprint density at radius 1 is 1.30 bits per heavy atom. The van der Waals surface area contributed by atoms with Gasteiger partial charge in [-0.2, -0.15) is 0 Å². The van der Waals surface area contributed by atoms with Crippen LogP contribution in [0.15, 0.2) is 29.6 Å². The SMILES string of the molecule is CC(C)c1ccc(-c2csc(CC3CCCN3)n2)cc1. The van der Waals surface area contributed by atoms with Crippen molar-refractivity contribution in [3.8, 4) is 11.3 Å². The second kappa shape index (κ2) is 6.06. The highest BCUT2D eigenvalue weighted by Crippen LogP contribution is 2.25. The highest BCUT2D eigenvalue weighted by atomic mass is 32.1. The molecule has 0 radical (unpaired) electrons. The Kier molecular flexibility index (Phi) is 4.18. The van der Waals surface area contributed by atoms with Gasteiger partial charge in [0, 0.05) is 23.4 Å². The molecule has 1 aliphatic heterocycles. The minimum absolute atomic E-state index is 0.587. The lowest BCUT2D eigenvalue weighted by Gasteiger charge is -2.07. The van der Waals surface area contributed by atoms with Gasteiger partial charge in [-0.25, -0.2) is 4.98 Å². The summed E-state index contributed by atoms with van der Waals surface area (Å²) in [6.45, 7) is 5.62. The summed E-state index contributed by atoms with van der Waals surface area (Å²) in [6, 6.07) is 9.47. The van der Waals surface area contributed by atoms with E-state index in [1.165, 1.54) is 35.5 Å². The Bertz CT molecular complexity index is 551. The number of hydrogen-bond acceptors (Lipinski definition) is 3. The third-order valence-corrected chi connectivity index (χ3v) is 4.88. The van der Waals surface area contributed by atoms with Crippen LogP contribution in [0, 0.1) is 0 Å². The van der Waals surface area contributed by atoms with Gasteiger partial charge in [-0.15, -0.1) is 11.3 Å². The van der Waals surface area contributed by atoms with Crippen molar-refractivity contribution in [2.24, 2.45) is 0 Å². The Labute approximate surface area is 125 Å². The van der Waals surface area contributed by atoms with Gasteiger partial charge in [0.25, 0.3) is 0 Å². The zero-order valence-electron chi connectivity index (χ0n) is 12.2. The van der Waals surface area contributed by atoms with E-state index in [0.29, 0.717) is 12.0 Å². The summed E-state index contributed by atoms with van der Waals surface area (Å²) in [5, 5.41) is 6.99. The van der Waals surface area contributed by atoms with E-state index in [4.69, 9.17) is 4.98 Å². The standard InChI is InChI=1S/C17H22N2S/c1-12(2)13-5-7-14(8-6-13)16-11-20-17(19-16)10-15-4-3-9-18-15/h5-8,11-12,15,18H,3-4,9-10H2,1-2H3. The number of nitrogens with one attached hydrogen (secondary N) is 1. The van der Waals surface area contributed by atoms with Crippen molar-refractivity contribution in [3.63, 3.8) is 0 Å². The molecule has 0 amide bonds. The summed E-state index contributed by atoms with van der Waals surface area (Å²) in [5.74, 6) is 0.587. The summed E-state index contributed by atoms with van der Waals surface area (Å²) >= 11 is 1.79. The quantitative estimate of drug-likeness (QED) is 0.910. The van der Waals surface area contributed by atoms with Crippen molar-refractivity contribution in [2.45, 2.75) is 45.1 Å². The van der Waals surface area contributed by atoms with Gasteiger partial charge in [0.05, 0.1) is 10.7 Å². The average Bonchev–Trinajstić information content (AvgIpc) is 3.11. The third kappa shape index (κ3) is 3.10. The van der Waals surface area contributed by atoms with Crippen molar-refractivity contribution in [1.29, 1.82) is 0 Å². The predicted octanol–water partition coefficient (Wildman–Crippen LogP) is 4.23. The Hall–Kier alpha value is -1.19. The first-order valence-electron chi connectivity index (χ1n) is 7.50. The van der Waals surface area contributed by atoms with Crippen molar-refractivity contribution in [1.82, 2.24) is 10.3 Å². The first-order chi connectivity index (χ1) is 9.72. The summed E-state index contributed by atoms with van der Waals surface area (Å²) < 4.78 is 0. The molecule has 2 nitrogen and oxygen atoms in total. The van der Waals surface area contributed by atoms with E-state index in [1.54, 1.807) is 11.3 Å². The second-order valence-electron chi connectivity index (χ2n) is 5.90. The molecule has 1 atom stereocenters. The zero-order valence-corrected chi connectivity index (χ0v) is 13.0. The predicted molar refractivity (Wildman–Crippen MR) is 86.4 cm³/mol. The van der Waals surface area contributed by atoms with Crippen LogP contribution in [-0.2, 0) is 6.42 Å². The molecule has 1 aromatic carbocycles. The number of benzene rings is 1. The molecule has 1 N–H and O–H groups in total. The highest BCUT2D eigenvalue weighted by molar-refractivity contribution is 7.09. The molecular formula is C17H22N2S. The van der Waals surface area contributed by atoms with E-state index >= 15 is 0 Å². The second-order valence-corrected chi connectivity index (χ2v) is 6.84. The number of rotatable bonds is 4. The molecule has 0 saturated carbocycles. The van der Waals surface area contributed by atoms with E-state index in [9.17, 15) is 0 Å². The maximum absolute atomic E-state index is 4.80. The average molecular weight is 286 g/mol. The molecule has 1 aliphatic rings. The topological polar surface area (TPSA) is 24.9 Å². The number of nitrogens with zero attached hydrogens (tertiary/aromatic N) is 1. The van der Waals surface area contributed by atoms with Gasteiger partial charge < -0.3 is 5.32 Å². The first-order valence-corrected chi connectivity index (χ1v) is 8.38. The molecular weight excluding hydrogens is 264 g/mol. The lowest BCUT2D eigenvalue weighted by Crippen LogP contribution is -2.23. The van der Waals surface area contributed by atoms with E-state index in [-0.39, 0.29) is 0 Å². The minimum Gasteiger partial charge on any atom is -0.314 e. The van der Waals surface area contributed by atoms with Crippen LogP contribution in [0.3, 0.4) is 0 Å². The fourth-order valence-corrected chi connectivity index (χ4v) is 3.60. The molecule has 2 heterocycles. The van der Waals surface area contributed by atoms with Crippen molar-refractivity contribution in [2.75, 3.05) is 6.54 Å². The van der Waals surface area contributed by atoms with Crippen molar-refractivity contribution >= 4 is 11.3 Å². The third-order valence-electron chi connectivity index (χ3n) is 4.01. The van der Waals surface area contributed by atoms with Crippen molar-refractivity contribution in [3.05, 3.63) is 40.2 Å². The molecule has 3 heteroatoms. The summed E-state index contributed by atoms with van der Waals surface area (Å²) in [7, 11) is 0. The monoisotopic (exact) mass is 286 g/mol. The van der Waals surface area contributed by atoms with E-state index in [0.717, 1.165) is 12.1 Å². The van der Waals surface area contributed by atoms with Gasteiger partial charge in [0.2, 0.25) is 0 Å². The minimum atomic E-state index is 0.587. The van der Waals surface area contributed by atoms with Crippen LogP contribution >= 0.6 is 11.3 Å². The van der Waals surface area contributed by atoms with Crippen LogP contribution in [-0.4, -0.2) is 17.6 Å². The largest absolute Gasteiger partial charge is 0.314 e. The normalized spacial score (nSPS) is 18.9. The fourth-order valence-electron chi connectivity index (χ4n) is 2.72. The molecule has 3 rings (SSSR count). The van der Waals surface area contributed by atoms with Gasteiger partial charge in [-0.05, 0) is 30.9 Å². The van der Waals surface area contributed by atoms with Gasteiger partial charge in [0.15, 0.2) is 0 Å². The summed E-state index contributed by atoms with van der Waals surface area (Å²) in [5.41, 5.74) is 3.74. The number of aromatic nitrogens is 1. The van der Waals surface area contributed by atoms with E-state index in [2.05, 4.69) is 48.8 Å². The smallest absolute Gasteiger partial charge is 0.0948 e. The van der Waals surface area contributed by atoms with Crippen LogP contribution in [0.25, 0.3) is 11.3 Å². The molecule has 1 unspecified atom stereocenters. The van der Waals surface area contributed by atoms with Crippen molar-refractivity contribution < 1.29 is 0 Å². The lowest BCUT2D eigenvalue weighted by atomic mass is 10.0. The van der Waals surface area contributed by atoms with Crippen LogP contribution in [0.2, 0.25) is 0 Å². The molecule has 0 bridgehead atoms. The Balaban J connectivity index is 1.72. The van der Waals surface area contributed by atoms with Crippen LogP contribution in [0.5, 0.6) is 0 Å². The lowest BCUT2D eigenvalue weighted by molar-refractivity contribution is 0.601. The Morgan fingerprint density at radius 3 is 2.75 bits per heavy atom. The van der Waals surface area contributed by atoms with E-state index < -0.39 is 0 Å². The van der Waals surface area contributed by atoms with Crippen LogP contribution < -0.4 is 5.32 Å². The summed E-state index contributed by atoms with van der Waals surface area (Å²) in [4.78, 5) is 4.80. The molecule has 1 fully saturated rings. The van der Waals surface area contributed by atoms with Gasteiger partial charge in [-0.3, -0.25) is 0 Å². The van der Waals surface area contributed by atoms with Gasteiger partial charge >= 0.3 is 0 Å². The molecule has 2 aromatic rings. The van der Waals surface area contributed by atoms with Crippen LogP contribution in [0.4, 0.5) is 0 Å². The fraction of sp³-hybridized carbons (Fsp3) is 0.471. The van der Waals surface area contributed by atoms with E-state index in [1.807, 2.05) is 0 Å². The molecule has 20 heavy (non-hydrogen) atoms. The van der Waals surface area contributed by atoms with Gasteiger partial charge in [-0.1, -0.05) is 38.1 Å². The van der Waals surface area contributed by atoms with Crippen LogP contribution in [0.1, 0.15) is 43.2 Å². The molecule has 1 saturated heterocycles. The highest BCUT2D eigenvalue weighted by Gasteiger charge is 2.16. The zero-order chi connectivity index (χ0) is 13.9. The molecule has 106 valence electrons. The summed E-state index contributed by atoms with van der Waals surface area (Å²) in [6.07, 6.45) is 3.67. The first kappa shape index (κ1) is 13.8. The number of thiazole rings is 1. The maximum Gasteiger partial charge on any atom is 0.0948 e. The maximum atomic E-state index is 4.80. The molecule has 1 aromatic heterocycles. The molecule has 0 aliphatic carbocycles. The molecule has 0 spiro atoms. The van der Waals surface area contributed by atoms with Gasteiger partial charge in [0.1, 0.15) is 0 Å².